The van der Waals surface area contributed by atoms with Gasteiger partial charge in [0.15, 0.2) is 0 Å². The Hall–Kier alpha value is -1.56. The third-order valence-corrected chi connectivity index (χ3v) is 3.72. The van der Waals surface area contributed by atoms with E-state index in [9.17, 15) is 9.59 Å². The van der Waals surface area contributed by atoms with E-state index in [0.29, 0.717) is 12.1 Å². The van der Waals surface area contributed by atoms with Gasteiger partial charge in [-0.15, -0.1) is 0 Å². The van der Waals surface area contributed by atoms with Crippen molar-refractivity contribution < 1.29 is 14.7 Å². The summed E-state index contributed by atoms with van der Waals surface area (Å²) in [7, 11) is 0. The van der Waals surface area contributed by atoms with Crippen LogP contribution in [0.1, 0.15) is 34.7 Å². The number of rotatable bonds is 5. The van der Waals surface area contributed by atoms with Gasteiger partial charge in [0.2, 0.25) is 0 Å². The van der Waals surface area contributed by atoms with Crippen LogP contribution in [0.3, 0.4) is 0 Å². The number of nitrogens with zero attached hydrogens (tertiary/aromatic N) is 1. The van der Waals surface area contributed by atoms with Crippen LogP contribution in [-0.2, 0) is 0 Å². The molecule has 0 aromatic carbocycles. The monoisotopic (exact) mass is 268 g/mol. The summed E-state index contributed by atoms with van der Waals surface area (Å²) in [6.45, 7) is 4.60. The van der Waals surface area contributed by atoms with Crippen molar-refractivity contribution in [2.45, 2.75) is 18.6 Å². The fourth-order valence-corrected chi connectivity index (χ4v) is 1.34. The quantitative estimate of drug-likeness (QED) is 0.849. The SMILES string of the molecule is CSC(C)(C)CNC(=O)c1ccc(C(=O)O)nc1. The third kappa shape index (κ3) is 4.03. The molecule has 5 nitrogen and oxygen atoms in total. The summed E-state index contributed by atoms with van der Waals surface area (Å²) < 4.78 is -0.0376. The molecule has 1 amide bonds. The third-order valence-electron chi connectivity index (χ3n) is 2.47. The molecule has 0 aliphatic rings. The lowest BCUT2D eigenvalue weighted by Gasteiger charge is -2.22. The van der Waals surface area contributed by atoms with Crippen LogP contribution in [0.4, 0.5) is 0 Å². The van der Waals surface area contributed by atoms with E-state index in [0.717, 1.165) is 0 Å². The molecular formula is C12H16N2O3S. The smallest absolute Gasteiger partial charge is 0.354 e. The predicted octanol–water partition coefficient (Wildman–Crippen LogP) is 1.65. The molecule has 6 heteroatoms. The van der Waals surface area contributed by atoms with Crippen molar-refractivity contribution in [3.05, 3.63) is 29.6 Å². The molecule has 0 fully saturated rings. The lowest BCUT2D eigenvalue weighted by Crippen LogP contribution is -2.36. The molecule has 98 valence electrons. The fourth-order valence-electron chi connectivity index (χ4n) is 1.12. The Morgan fingerprint density at radius 3 is 2.56 bits per heavy atom. The second-order valence-electron chi connectivity index (χ2n) is 4.38. The minimum atomic E-state index is -1.11. The predicted molar refractivity (Wildman–Crippen MR) is 71.1 cm³/mol. The van der Waals surface area contributed by atoms with E-state index < -0.39 is 5.97 Å². The highest BCUT2D eigenvalue weighted by Gasteiger charge is 2.17. The minimum Gasteiger partial charge on any atom is -0.477 e. The number of aromatic nitrogens is 1. The lowest BCUT2D eigenvalue weighted by atomic mass is 10.2. The van der Waals surface area contributed by atoms with Gasteiger partial charge in [-0.1, -0.05) is 0 Å². The van der Waals surface area contributed by atoms with Crippen LogP contribution in [-0.4, -0.2) is 39.5 Å². The molecule has 2 N–H and O–H groups in total. The number of pyridine rings is 1. The highest BCUT2D eigenvalue weighted by Crippen LogP contribution is 2.19. The van der Waals surface area contributed by atoms with E-state index in [1.165, 1.54) is 18.3 Å². The van der Waals surface area contributed by atoms with Gasteiger partial charge in [0.25, 0.3) is 5.91 Å². The van der Waals surface area contributed by atoms with Crippen molar-refractivity contribution in [2.75, 3.05) is 12.8 Å². The second-order valence-corrected chi connectivity index (χ2v) is 5.90. The van der Waals surface area contributed by atoms with Crippen LogP contribution in [0.5, 0.6) is 0 Å². The van der Waals surface area contributed by atoms with Gasteiger partial charge in [-0.25, -0.2) is 9.78 Å². The maximum absolute atomic E-state index is 11.8. The van der Waals surface area contributed by atoms with E-state index in [-0.39, 0.29) is 16.3 Å². The van der Waals surface area contributed by atoms with Crippen molar-refractivity contribution in [2.24, 2.45) is 0 Å². The summed E-state index contributed by atoms with van der Waals surface area (Å²) in [6, 6.07) is 2.77. The van der Waals surface area contributed by atoms with Crippen LogP contribution in [0, 0.1) is 0 Å². The Labute approximate surface area is 110 Å². The number of hydrogen-bond donors (Lipinski definition) is 2. The second kappa shape index (κ2) is 5.86. The van der Waals surface area contributed by atoms with Crippen molar-refractivity contribution in [1.29, 1.82) is 0 Å². The van der Waals surface area contributed by atoms with Gasteiger partial charge in [-0.3, -0.25) is 4.79 Å². The molecule has 0 aliphatic heterocycles. The first-order valence-electron chi connectivity index (χ1n) is 5.38. The molecule has 0 spiro atoms. The number of nitrogens with one attached hydrogen (secondary N) is 1. The highest BCUT2D eigenvalue weighted by atomic mass is 32.2. The number of aromatic carboxylic acids is 1. The van der Waals surface area contributed by atoms with Crippen LogP contribution in [0.25, 0.3) is 0 Å². The maximum atomic E-state index is 11.8. The first-order chi connectivity index (χ1) is 8.35. The zero-order valence-electron chi connectivity index (χ0n) is 10.6. The van der Waals surface area contributed by atoms with Crippen LogP contribution in [0.15, 0.2) is 18.3 Å². The average Bonchev–Trinajstić information content (AvgIpc) is 2.36. The Morgan fingerprint density at radius 1 is 1.44 bits per heavy atom. The van der Waals surface area contributed by atoms with E-state index >= 15 is 0 Å². The fraction of sp³-hybridized carbons (Fsp3) is 0.417. The van der Waals surface area contributed by atoms with Gasteiger partial charge in [0.1, 0.15) is 5.69 Å². The van der Waals surface area contributed by atoms with Crippen molar-refractivity contribution >= 4 is 23.6 Å². The summed E-state index contributed by atoms with van der Waals surface area (Å²) in [4.78, 5) is 26.1. The highest BCUT2D eigenvalue weighted by molar-refractivity contribution is 7.99. The first-order valence-corrected chi connectivity index (χ1v) is 6.61. The number of carboxylic acids is 1. The molecule has 0 saturated heterocycles. The Balaban J connectivity index is 2.65. The summed E-state index contributed by atoms with van der Waals surface area (Å²) >= 11 is 1.66. The number of carboxylic acid groups (broad SMARTS) is 1. The molecule has 1 aromatic rings. The largest absolute Gasteiger partial charge is 0.477 e. The Morgan fingerprint density at radius 2 is 2.11 bits per heavy atom. The van der Waals surface area contributed by atoms with E-state index in [1.807, 2.05) is 20.1 Å². The average molecular weight is 268 g/mol. The minimum absolute atomic E-state index is 0.0376. The molecule has 0 radical (unpaired) electrons. The number of carbonyl (C=O) groups excluding carboxylic acids is 1. The standard InChI is InChI=1S/C12H16N2O3S/c1-12(2,18-3)7-14-10(15)8-4-5-9(11(16)17)13-6-8/h4-6H,7H2,1-3H3,(H,14,15)(H,16,17). The molecule has 0 atom stereocenters. The van der Waals surface area contributed by atoms with Crippen LogP contribution >= 0.6 is 11.8 Å². The number of carbonyl (C=O) groups is 2. The summed E-state index contributed by atoms with van der Waals surface area (Å²) in [6.07, 6.45) is 3.25. The first kappa shape index (κ1) is 14.5. The molecule has 18 heavy (non-hydrogen) atoms. The number of amides is 1. The van der Waals surface area contributed by atoms with Gasteiger partial charge >= 0.3 is 5.97 Å². The summed E-state index contributed by atoms with van der Waals surface area (Å²) in [5, 5.41) is 11.5. The zero-order chi connectivity index (χ0) is 13.8. The zero-order valence-corrected chi connectivity index (χ0v) is 11.4. The normalized spacial score (nSPS) is 11.1. The molecule has 0 aliphatic carbocycles. The molecular weight excluding hydrogens is 252 g/mol. The molecule has 1 rings (SSSR count). The van der Waals surface area contributed by atoms with E-state index in [4.69, 9.17) is 5.11 Å². The van der Waals surface area contributed by atoms with Gasteiger partial charge < -0.3 is 10.4 Å². The van der Waals surface area contributed by atoms with Crippen LogP contribution < -0.4 is 5.32 Å². The molecule has 1 heterocycles. The van der Waals surface area contributed by atoms with Gasteiger partial charge in [-0.05, 0) is 32.2 Å². The maximum Gasteiger partial charge on any atom is 0.354 e. The van der Waals surface area contributed by atoms with Gasteiger partial charge in [-0.2, -0.15) is 11.8 Å². The summed E-state index contributed by atoms with van der Waals surface area (Å²) in [5.74, 6) is -1.35. The summed E-state index contributed by atoms with van der Waals surface area (Å²) in [5.41, 5.74) is 0.285. The van der Waals surface area contributed by atoms with Crippen LogP contribution in [0.2, 0.25) is 0 Å². The van der Waals surface area contributed by atoms with Crippen molar-refractivity contribution in [1.82, 2.24) is 10.3 Å². The van der Waals surface area contributed by atoms with E-state index in [1.54, 1.807) is 11.8 Å². The topological polar surface area (TPSA) is 79.3 Å². The Kier molecular flexibility index (Phi) is 4.72. The number of hydrogen-bond acceptors (Lipinski definition) is 4. The van der Waals surface area contributed by atoms with Gasteiger partial charge in [0.05, 0.1) is 5.56 Å². The van der Waals surface area contributed by atoms with Crippen molar-refractivity contribution in [3.8, 4) is 0 Å². The van der Waals surface area contributed by atoms with E-state index in [2.05, 4.69) is 10.3 Å². The molecule has 0 saturated carbocycles. The Bertz CT molecular complexity index is 443. The molecule has 0 bridgehead atoms. The van der Waals surface area contributed by atoms with Gasteiger partial charge in [0, 0.05) is 17.5 Å². The molecule has 1 aromatic heterocycles. The lowest BCUT2D eigenvalue weighted by molar-refractivity contribution is 0.0689. The van der Waals surface area contributed by atoms with Crippen molar-refractivity contribution in [3.63, 3.8) is 0 Å². The number of thioether (sulfide) groups is 1. The molecule has 0 unspecified atom stereocenters.